The van der Waals surface area contributed by atoms with E-state index in [1.165, 1.54) is 18.4 Å². The summed E-state index contributed by atoms with van der Waals surface area (Å²) in [5, 5.41) is 0. The Kier molecular flexibility index (Phi) is 3.15. The van der Waals surface area contributed by atoms with E-state index in [1.807, 2.05) is 0 Å². The Balaban J connectivity index is 2.56. The van der Waals surface area contributed by atoms with Crippen LogP contribution in [0.15, 0.2) is 17.1 Å². The molecule has 2 nitrogen and oxygen atoms in total. The molecule has 1 N–H and O–H groups in total. The summed E-state index contributed by atoms with van der Waals surface area (Å²) in [5.74, 6) is 1.03. The van der Waals surface area contributed by atoms with Gasteiger partial charge in [-0.25, -0.2) is 0 Å². The lowest BCUT2D eigenvalue weighted by Crippen LogP contribution is -2.28. The topological polar surface area (TPSA) is 32.9 Å². The van der Waals surface area contributed by atoms with Gasteiger partial charge in [-0.05, 0) is 42.7 Å². The van der Waals surface area contributed by atoms with Crippen LogP contribution >= 0.6 is 0 Å². The van der Waals surface area contributed by atoms with E-state index in [0.717, 1.165) is 12.0 Å². The largest absolute Gasteiger partial charge is 0.329 e. The zero-order valence-corrected chi connectivity index (χ0v) is 11.3. The number of rotatable bonds is 4. The zero-order valence-electron chi connectivity index (χ0n) is 11.3. The molecule has 17 heavy (non-hydrogen) atoms. The van der Waals surface area contributed by atoms with Gasteiger partial charge >= 0.3 is 0 Å². The van der Waals surface area contributed by atoms with Gasteiger partial charge in [-0.15, -0.1) is 0 Å². The van der Waals surface area contributed by atoms with Gasteiger partial charge in [-0.2, -0.15) is 0 Å². The summed E-state index contributed by atoms with van der Waals surface area (Å²) in [6.45, 7) is 8.87. The average Bonchev–Trinajstić information content (AvgIpc) is 3.08. The van der Waals surface area contributed by atoms with Crippen molar-refractivity contribution in [1.82, 2.24) is 4.98 Å². The van der Waals surface area contributed by atoms with Crippen molar-refractivity contribution in [2.75, 3.05) is 0 Å². The molecular weight excluding hydrogens is 210 g/mol. The van der Waals surface area contributed by atoms with E-state index in [1.54, 1.807) is 6.20 Å². The maximum absolute atomic E-state index is 12.2. The first-order valence-electron chi connectivity index (χ1n) is 6.75. The van der Waals surface area contributed by atoms with E-state index >= 15 is 0 Å². The molecule has 1 fully saturated rings. The van der Waals surface area contributed by atoms with Crippen molar-refractivity contribution in [3.8, 4) is 0 Å². The molecule has 1 unspecified atom stereocenters. The summed E-state index contributed by atoms with van der Waals surface area (Å²) in [6, 6.07) is 2.10. The molecule has 0 saturated heterocycles. The van der Waals surface area contributed by atoms with Gasteiger partial charge in [0.2, 0.25) is 0 Å². The number of hydrogen-bond donors (Lipinski definition) is 1. The monoisotopic (exact) mass is 233 g/mol. The molecule has 1 aliphatic carbocycles. The normalized spacial score (nSPS) is 19.4. The molecule has 1 aromatic heterocycles. The highest BCUT2D eigenvalue weighted by Gasteiger charge is 2.49. The van der Waals surface area contributed by atoms with Crippen molar-refractivity contribution in [3.63, 3.8) is 0 Å². The minimum absolute atomic E-state index is 0.133. The van der Waals surface area contributed by atoms with Crippen LogP contribution in [0.1, 0.15) is 64.0 Å². The lowest BCUT2D eigenvalue weighted by atomic mass is 9.80. The first-order chi connectivity index (χ1) is 8.03. The van der Waals surface area contributed by atoms with Crippen LogP contribution in [0.25, 0.3) is 0 Å². The number of pyridine rings is 1. The third-order valence-corrected chi connectivity index (χ3v) is 4.53. The Bertz CT molecular complexity index is 454. The van der Waals surface area contributed by atoms with Crippen LogP contribution in [-0.4, -0.2) is 4.98 Å². The third kappa shape index (κ3) is 1.94. The zero-order chi connectivity index (χ0) is 12.6. The van der Waals surface area contributed by atoms with Crippen LogP contribution in [0.3, 0.4) is 0 Å². The van der Waals surface area contributed by atoms with E-state index in [-0.39, 0.29) is 11.0 Å². The molecular formula is C15H23NO. The minimum atomic E-state index is 0.133. The molecule has 1 saturated carbocycles. The van der Waals surface area contributed by atoms with Crippen LogP contribution in [0.5, 0.6) is 0 Å². The van der Waals surface area contributed by atoms with Crippen LogP contribution in [0.4, 0.5) is 0 Å². The molecule has 0 radical (unpaired) electrons. The van der Waals surface area contributed by atoms with Crippen molar-refractivity contribution in [2.45, 2.75) is 58.3 Å². The van der Waals surface area contributed by atoms with Crippen molar-refractivity contribution in [1.29, 1.82) is 0 Å². The van der Waals surface area contributed by atoms with Crippen LogP contribution in [0, 0.1) is 5.92 Å². The number of nitrogens with one attached hydrogen (secondary N) is 1. The summed E-state index contributed by atoms with van der Waals surface area (Å²) in [5.41, 5.74) is 2.63. The highest BCUT2D eigenvalue weighted by Crippen LogP contribution is 2.54. The number of hydrogen-bond acceptors (Lipinski definition) is 1. The second-order valence-electron chi connectivity index (χ2n) is 5.76. The predicted molar refractivity (Wildman–Crippen MR) is 71.5 cm³/mol. The average molecular weight is 233 g/mol. The molecule has 0 amide bonds. The SMILES string of the molecule is CCC(C)c1cc[nH]c(=O)c1C1(C(C)C)CC1. The van der Waals surface area contributed by atoms with Crippen LogP contribution in [0.2, 0.25) is 0 Å². The van der Waals surface area contributed by atoms with E-state index in [9.17, 15) is 4.79 Å². The molecule has 2 rings (SSSR count). The summed E-state index contributed by atoms with van der Waals surface area (Å²) >= 11 is 0. The molecule has 1 aliphatic rings. The second kappa shape index (κ2) is 4.32. The molecule has 2 heteroatoms. The maximum atomic E-state index is 12.2. The van der Waals surface area contributed by atoms with E-state index in [0.29, 0.717) is 11.8 Å². The second-order valence-corrected chi connectivity index (χ2v) is 5.76. The Morgan fingerprint density at radius 2 is 2.00 bits per heavy atom. The van der Waals surface area contributed by atoms with Gasteiger partial charge in [0.15, 0.2) is 0 Å². The highest BCUT2D eigenvalue weighted by molar-refractivity contribution is 5.38. The maximum Gasteiger partial charge on any atom is 0.251 e. The Labute approximate surface area is 103 Å². The molecule has 1 atom stereocenters. The number of aromatic amines is 1. The quantitative estimate of drug-likeness (QED) is 0.847. The Morgan fingerprint density at radius 3 is 2.47 bits per heavy atom. The summed E-state index contributed by atoms with van der Waals surface area (Å²) in [7, 11) is 0. The lowest BCUT2D eigenvalue weighted by Gasteiger charge is -2.24. The van der Waals surface area contributed by atoms with Crippen LogP contribution < -0.4 is 5.56 Å². The number of H-pyrrole nitrogens is 1. The molecule has 0 spiro atoms. The molecule has 0 aliphatic heterocycles. The lowest BCUT2D eigenvalue weighted by molar-refractivity contribution is 0.469. The van der Waals surface area contributed by atoms with Crippen molar-refractivity contribution >= 4 is 0 Å². The summed E-state index contributed by atoms with van der Waals surface area (Å²) in [4.78, 5) is 15.1. The van der Waals surface area contributed by atoms with Gasteiger partial charge in [0.25, 0.3) is 5.56 Å². The van der Waals surface area contributed by atoms with Crippen molar-refractivity contribution in [3.05, 3.63) is 33.7 Å². The first-order valence-corrected chi connectivity index (χ1v) is 6.75. The molecule has 0 bridgehead atoms. The Hall–Kier alpha value is -1.05. The summed E-state index contributed by atoms with van der Waals surface area (Å²) < 4.78 is 0. The highest BCUT2D eigenvalue weighted by atomic mass is 16.1. The molecule has 1 aromatic rings. The van der Waals surface area contributed by atoms with Gasteiger partial charge in [0.05, 0.1) is 0 Å². The van der Waals surface area contributed by atoms with E-state index < -0.39 is 0 Å². The fourth-order valence-corrected chi connectivity index (χ4v) is 2.89. The van der Waals surface area contributed by atoms with Gasteiger partial charge in [-0.3, -0.25) is 4.79 Å². The Morgan fingerprint density at radius 1 is 1.35 bits per heavy atom. The van der Waals surface area contributed by atoms with Crippen LogP contribution in [-0.2, 0) is 5.41 Å². The summed E-state index contributed by atoms with van der Waals surface area (Å²) in [6.07, 6.45) is 5.22. The van der Waals surface area contributed by atoms with Crippen molar-refractivity contribution < 1.29 is 0 Å². The molecule has 0 aromatic carbocycles. The van der Waals surface area contributed by atoms with Gasteiger partial charge < -0.3 is 4.98 Å². The number of aromatic nitrogens is 1. The van der Waals surface area contributed by atoms with Gasteiger partial charge in [0.1, 0.15) is 0 Å². The fraction of sp³-hybridized carbons (Fsp3) is 0.667. The minimum Gasteiger partial charge on any atom is -0.329 e. The standard InChI is InChI=1S/C15H23NO/c1-5-11(4)12-6-9-16-14(17)13(12)15(7-8-15)10(2)3/h6,9-11H,5,7-8H2,1-4H3,(H,16,17). The van der Waals surface area contributed by atoms with Crippen molar-refractivity contribution in [2.24, 2.45) is 5.92 Å². The van der Waals surface area contributed by atoms with E-state index in [2.05, 4.69) is 38.7 Å². The smallest absolute Gasteiger partial charge is 0.251 e. The first kappa shape index (κ1) is 12.4. The fourth-order valence-electron chi connectivity index (χ4n) is 2.89. The third-order valence-electron chi connectivity index (χ3n) is 4.53. The molecule has 1 heterocycles. The van der Waals surface area contributed by atoms with Gasteiger partial charge in [0, 0.05) is 17.2 Å². The molecule has 94 valence electrons. The van der Waals surface area contributed by atoms with Gasteiger partial charge in [-0.1, -0.05) is 27.7 Å². The van der Waals surface area contributed by atoms with E-state index in [4.69, 9.17) is 0 Å². The predicted octanol–water partition coefficient (Wildman–Crippen LogP) is 3.58.